The van der Waals surface area contributed by atoms with Crippen LogP contribution in [-0.2, 0) is 14.6 Å². The zero-order chi connectivity index (χ0) is 15.2. The quantitative estimate of drug-likeness (QED) is 0.854. The Labute approximate surface area is 123 Å². The molecule has 0 bridgehead atoms. The van der Waals surface area contributed by atoms with E-state index < -0.39 is 15.8 Å². The lowest BCUT2D eigenvalue weighted by molar-refractivity contribution is 0.276. The second kappa shape index (κ2) is 4.64. The molecule has 0 saturated heterocycles. The number of allylic oxidation sites excluding steroid dienone is 3. The number of sulfone groups is 1. The third-order valence-electron chi connectivity index (χ3n) is 3.79. The Morgan fingerprint density at radius 3 is 2.62 bits per heavy atom. The molecule has 2 heterocycles. The summed E-state index contributed by atoms with van der Waals surface area (Å²) in [5.41, 5.74) is 7.75. The number of nitrogens with zero attached hydrogens (tertiary/aromatic N) is 1. The molecule has 0 saturated carbocycles. The first-order valence-corrected chi connectivity index (χ1v) is 8.19. The minimum absolute atomic E-state index is 0.000995. The molecule has 1 aromatic carbocycles. The zero-order valence-electron chi connectivity index (χ0n) is 11.5. The molecule has 1 atom stereocenters. The molecule has 1 aromatic rings. The van der Waals surface area contributed by atoms with E-state index in [2.05, 4.69) is 0 Å². The molecule has 0 amide bonds. The first-order valence-electron chi connectivity index (χ1n) is 6.54. The molecular weight excluding hydrogens is 288 g/mol. The topological polar surface area (TPSA) is 93.2 Å². The standard InChI is InChI=1S/C15H14N2O3S/c1-9-2-4-10(5-3-9)13-11(8-16)15(17)20-12-6-7-21(18,19)14(12)13/h2-5,13H,6-7,17H2,1H3. The van der Waals surface area contributed by atoms with Gasteiger partial charge < -0.3 is 10.5 Å². The van der Waals surface area contributed by atoms with E-state index in [0.717, 1.165) is 11.1 Å². The van der Waals surface area contributed by atoms with Crippen LogP contribution in [0.25, 0.3) is 0 Å². The van der Waals surface area contributed by atoms with Crippen molar-refractivity contribution in [3.8, 4) is 6.07 Å². The molecular formula is C15H14N2O3S. The van der Waals surface area contributed by atoms with Gasteiger partial charge in [-0.1, -0.05) is 29.8 Å². The van der Waals surface area contributed by atoms with Crippen LogP contribution in [-0.4, -0.2) is 14.2 Å². The normalized spacial score (nSPS) is 23.5. The average molecular weight is 302 g/mol. The molecule has 2 N–H and O–H groups in total. The molecule has 5 nitrogen and oxygen atoms in total. The Kier molecular flexibility index (Phi) is 3.03. The molecule has 2 aliphatic rings. The van der Waals surface area contributed by atoms with Gasteiger partial charge in [0.2, 0.25) is 5.88 Å². The third-order valence-corrected chi connectivity index (χ3v) is 5.66. The minimum Gasteiger partial charge on any atom is -0.444 e. The van der Waals surface area contributed by atoms with Crippen molar-refractivity contribution in [3.63, 3.8) is 0 Å². The number of aryl methyl sites for hydroxylation is 1. The highest BCUT2D eigenvalue weighted by molar-refractivity contribution is 7.95. The predicted octanol–water partition coefficient (Wildman–Crippen LogP) is 1.83. The molecule has 21 heavy (non-hydrogen) atoms. The summed E-state index contributed by atoms with van der Waals surface area (Å²) in [5.74, 6) is -0.283. The van der Waals surface area contributed by atoms with Crippen molar-refractivity contribution in [2.75, 3.05) is 5.75 Å². The van der Waals surface area contributed by atoms with Gasteiger partial charge in [-0.2, -0.15) is 5.26 Å². The maximum absolute atomic E-state index is 12.3. The van der Waals surface area contributed by atoms with Crippen LogP contribution in [0.15, 0.2) is 46.4 Å². The van der Waals surface area contributed by atoms with Gasteiger partial charge in [0.15, 0.2) is 9.84 Å². The minimum atomic E-state index is -3.41. The van der Waals surface area contributed by atoms with Crippen LogP contribution in [0.3, 0.4) is 0 Å². The number of hydrogen-bond acceptors (Lipinski definition) is 5. The van der Waals surface area contributed by atoms with Gasteiger partial charge in [-0.15, -0.1) is 0 Å². The number of nitriles is 1. The number of hydrogen-bond donors (Lipinski definition) is 1. The van der Waals surface area contributed by atoms with Crippen LogP contribution >= 0.6 is 0 Å². The van der Waals surface area contributed by atoms with Crippen LogP contribution in [0.1, 0.15) is 23.5 Å². The molecule has 0 spiro atoms. The Morgan fingerprint density at radius 2 is 2.00 bits per heavy atom. The first-order chi connectivity index (χ1) is 9.94. The van der Waals surface area contributed by atoms with Crippen molar-refractivity contribution < 1.29 is 13.2 Å². The lowest BCUT2D eigenvalue weighted by atomic mass is 9.89. The average Bonchev–Trinajstić information content (AvgIpc) is 2.74. The molecule has 1 unspecified atom stereocenters. The fraction of sp³-hybridized carbons (Fsp3) is 0.267. The van der Waals surface area contributed by atoms with E-state index in [4.69, 9.17) is 10.5 Å². The highest BCUT2D eigenvalue weighted by atomic mass is 32.2. The van der Waals surface area contributed by atoms with Crippen LogP contribution in [0, 0.1) is 18.3 Å². The Balaban J connectivity index is 2.23. The van der Waals surface area contributed by atoms with E-state index in [0.29, 0.717) is 12.2 Å². The number of ether oxygens (including phenoxy) is 1. The fourth-order valence-electron chi connectivity index (χ4n) is 2.73. The molecule has 2 aliphatic heterocycles. The van der Waals surface area contributed by atoms with Crippen molar-refractivity contribution in [1.82, 2.24) is 0 Å². The lowest BCUT2D eigenvalue weighted by Gasteiger charge is -2.25. The second-order valence-electron chi connectivity index (χ2n) is 5.19. The highest BCUT2D eigenvalue weighted by Crippen LogP contribution is 2.45. The van der Waals surface area contributed by atoms with Crippen molar-refractivity contribution in [1.29, 1.82) is 5.26 Å². The van der Waals surface area contributed by atoms with Gasteiger partial charge in [-0.3, -0.25) is 0 Å². The van der Waals surface area contributed by atoms with E-state index in [-0.39, 0.29) is 22.1 Å². The van der Waals surface area contributed by atoms with Gasteiger partial charge in [0.1, 0.15) is 17.4 Å². The van der Waals surface area contributed by atoms with Crippen molar-refractivity contribution >= 4 is 9.84 Å². The summed E-state index contributed by atoms with van der Waals surface area (Å²) in [7, 11) is -3.41. The Bertz CT molecular complexity index is 811. The monoisotopic (exact) mass is 302 g/mol. The van der Waals surface area contributed by atoms with Crippen LogP contribution in [0.4, 0.5) is 0 Å². The summed E-state index contributed by atoms with van der Waals surface area (Å²) in [5, 5.41) is 9.35. The van der Waals surface area contributed by atoms with Gasteiger partial charge in [0, 0.05) is 6.42 Å². The molecule has 0 fully saturated rings. The maximum Gasteiger partial charge on any atom is 0.205 e. The highest BCUT2D eigenvalue weighted by Gasteiger charge is 2.43. The first kappa shape index (κ1) is 13.7. The lowest BCUT2D eigenvalue weighted by Crippen LogP contribution is -2.21. The van der Waals surface area contributed by atoms with E-state index in [9.17, 15) is 13.7 Å². The largest absolute Gasteiger partial charge is 0.444 e. The van der Waals surface area contributed by atoms with Crippen LogP contribution in [0.2, 0.25) is 0 Å². The molecule has 3 rings (SSSR count). The predicted molar refractivity (Wildman–Crippen MR) is 77.3 cm³/mol. The maximum atomic E-state index is 12.3. The zero-order valence-corrected chi connectivity index (χ0v) is 12.3. The van der Waals surface area contributed by atoms with Crippen LogP contribution in [0.5, 0.6) is 0 Å². The van der Waals surface area contributed by atoms with Gasteiger partial charge in [0.25, 0.3) is 0 Å². The van der Waals surface area contributed by atoms with Crippen LogP contribution < -0.4 is 5.73 Å². The van der Waals surface area contributed by atoms with Crippen molar-refractivity contribution in [2.24, 2.45) is 5.73 Å². The van der Waals surface area contributed by atoms with Gasteiger partial charge >= 0.3 is 0 Å². The summed E-state index contributed by atoms with van der Waals surface area (Å²) in [6.07, 6.45) is 0.305. The summed E-state index contributed by atoms with van der Waals surface area (Å²) >= 11 is 0. The van der Waals surface area contributed by atoms with E-state index in [1.54, 1.807) is 0 Å². The number of rotatable bonds is 1. The number of nitrogens with two attached hydrogens (primary N) is 1. The summed E-state index contributed by atoms with van der Waals surface area (Å²) < 4.78 is 30.0. The smallest absolute Gasteiger partial charge is 0.205 e. The molecule has 0 aromatic heterocycles. The molecule has 0 radical (unpaired) electrons. The second-order valence-corrected chi connectivity index (χ2v) is 7.27. The van der Waals surface area contributed by atoms with Crippen molar-refractivity contribution in [2.45, 2.75) is 19.3 Å². The Hall–Kier alpha value is -2.26. The van der Waals surface area contributed by atoms with Crippen molar-refractivity contribution in [3.05, 3.63) is 57.5 Å². The third kappa shape index (κ3) is 2.10. The molecule has 108 valence electrons. The molecule has 0 aliphatic carbocycles. The van der Waals surface area contributed by atoms with Gasteiger partial charge in [-0.25, -0.2) is 8.42 Å². The number of benzene rings is 1. The van der Waals surface area contributed by atoms with Gasteiger partial charge in [-0.05, 0) is 12.5 Å². The van der Waals surface area contributed by atoms with Gasteiger partial charge in [0.05, 0.1) is 16.6 Å². The SMILES string of the molecule is Cc1ccc(C2C(C#N)=C(N)OC3=C2S(=O)(=O)CC3)cc1. The molecule has 6 heteroatoms. The Morgan fingerprint density at radius 1 is 1.33 bits per heavy atom. The summed E-state index contributed by atoms with van der Waals surface area (Å²) in [6, 6.07) is 9.43. The summed E-state index contributed by atoms with van der Waals surface area (Å²) in [6.45, 7) is 1.94. The van der Waals surface area contributed by atoms with E-state index in [1.807, 2.05) is 37.3 Å². The van der Waals surface area contributed by atoms with E-state index >= 15 is 0 Å². The van der Waals surface area contributed by atoms with E-state index in [1.165, 1.54) is 0 Å². The fourth-order valence-corrected chi connectivity index (χ4v) is 4.51. The summed E-state index contributed by atoms with van der Waals surface area (Å²) in [4.78, 5) is 0.192.